The van der Waals surface area contributed by atoms with Crippen LogP contribution in [-0.4, -0.2) is 34.9 Å². The van der Waals surface area contributed by atoms with E-state index in [1.165, 1.54) is 19.4 Å². The van der Waals surface area contributed by atoms with E-state index in [2.05, 4.69) is 19.9 Å². The van der Waals surface area contributed by atoms with Crippen LogP contribution in [0.3, 0.4) is 0 Å². The molecule has 0 radical (unpaired) electrons. The SMILES string of the molecule is CC(=O)O[C@H]1CC[C@@]2(C)C(=CC[C@@H]3[C@@H]2CC[C@@]2(C)[C@H]3CC[C@@]2(O)[C@@H](C)OC(C)=O)C1. The molecule has 0 spiro atoms. The number of hydrogen-bond acceptors (Lipinski definition) is 5. The number of rotatable bonds is 3. The largest absolute Gasteiger partial charge is 0.462 e. The van der Waals surface area contributed by atoms with Gasteiger partial charge in [0.1, 0.15) is 17.8 Å². The summed E-state index contributed by atoms with van der Waals surface area (Å²) in [5.74, 6) is 1.11. The highest BCUT2D eigenvalue weighted by atomic mass is 16.6. The van der Waals surface area contributed by atoms with Gasteiger partial charge >= 0.3 is 11.9 Å². The highest BCUT2D eigenvalue weighted by Gasteiger charge is 2.65. The highest BCUT2D eigenvalue weighted by Crippen LogP contribution is 2.67. The summed E-state index contributed by atoms with van der Waals surface area (Å²) < 4.78 is 11.0. The molecule has 0 aliphatic heterocycles. The lowest BCUT2D eigenvalue weighted by molar-refractivity contribution is -0.192. The molecule has 1 N–H and O–H groups in total. The minimum absolute atomic E-state index is 0.0217. The maximum atomic E-state index is 11.7. The second-order valence-corrected chi connectivity index (χ2v) is 10.9. The van der Waals surface area contributed by atoms with Crippen molar-refractivity contribution in [2.24, 2.45) is 28.6 Å². The number of aliphatic hydroxyl groups is 1. The average Bonchev–Trinajstić information content (AvgIpc) is 2.93. The lowest BCUT2D eigenvalue weighted by atomic mass is 9.46. The number of ether oxygens (including phenoxy) is 2. The fourth-order valence-electron chi connectivity index (χ4n) is 8.03. The zero-order valence-electron chi connectivity index (χ0n) is 19.2. The van der Waals surface area contributed by atoms with Gasteiger partial charge in [-0.05, 0) is 75.0 Å². The second-order valence-electron chi connectivity index (χ2n) is 10.9. The van der Waals surface area contributed by atoms with Crippen molar-refractivity contribution in [1.29, 1.82) is 0 Å². The predicted octanol–water partition coefficient (Wildman–Crippen LogP) is 4.56. The van der Waals surface area contributed by atoms with Crippen LogP contribution in [0.2, 0.25) is 0 Å². The molecule has 0 amide bonds. The highest BCUT2D eigenvalue weighted by molar-refractivity contribution is 5.66. The Morgan fingerprint density at radius 2 is 1.77 bits per heavy atom. The first-order valence-corrected chi connectivity index (χ1v) is 11.8. The van der Waals surface area contributed by atoms with Gasteiger partial charge in [-0.2, -0.15) is 0 Å². The molecule has 4 rings (SSSR count). The summed E-state index contributed by atoms with van der Waals surface area (Å²) in [5.41, 5.74) is 0.473. The number of allylic oxidation sites excluding steroid dienone is 1. The molecule has 5 heteroatoms. The van der Waals surface area contributed by atoms with Gasteiger partial charge in [-0.3, -0.25) is 9.59 Å². The van der Waals surface area contributed by atoms with Gasteiger partial charge in [-0.1, -0.05) is 25.5 Å². The average molecular weight is 419 g/mol. The van der Waals surface area contributed by atoms with E-state index in [-0.39, 0.29) is 28.9 Å². The van der Waals surface area contributed by atoms with E-state index < -0.39 is 11.7 Å². The summed E-state index contributed by atoms with van der Waals surface area (Å²) in [6.07, 6.45) is 9.64. The first kappa shape index (κ1) is 21.9. The minimum atomic E-state index is -0.952. The molecule has 0 heterocycles. The molecule has 4 aliphatic carbocycles. The van der Waals surface area contributed by atoms with Crippen LogP contribution in [0.1, 0.15) is 86.0 Å². The molecule has 168 valence electrons. The maximum absolute atomic E-state index is 11.7. The number of fused-ring (bicyclic) bond motifs is 5. The molecule has 0 bridgehead atoms. The fraction of sp³-hybridized carbons (Fsp3) is 0.840. The molecular weight excluding hydrogens is 380 g/mol. The van der Waals surface area contributed by atoms with E-state index in [0.717, 1.165) is 44.9 Å². The van der Waals surface area contributed by atoms with Crippen molar-refractivity contribution in [2.45, 2.75) is 104 Å². The van der Waals surface area contributed by atoms with Gasteiger partial charge in [-0.25, -0.2) is 0 Å². The van der Waals surface area contributed by atoms with Crippen molar-refractivity contribution in [3.05, 3.63) is 11.6 Å². The van der Waals surface area contributed by atoms with E-state index in [4.69, 9.17) is 9.47 Å². The standard InChI is InChI=1S/C25H38O5/c1-15(29-16(2)26)25(28)13-10-22-20-7-6-18-14-19(30-17(3)27)8-11-23(18,4)21(20)9-12-24(22,25)5/h6,15,19-22,28H,7-14H2,1-5H3/t15-,19+,20-,21+,22+,23+,24+,25-/m1/s1. The third-order valence-electron chi connectivity index (χ3n) is 9.62. The molecule has 0 unspecified atom stereocenters. The Balaban J connectivity index is 1.58. The Labute approximate surface area is 180 Å². The van der Waals surface area contributed by atoms with Crippen LogP contribution in [0.5, 0.6) is 0 Å². The Morgan fingerprint density at radius 1 is 1.07 bits per heavy atom. The zero-order chi connectivity index (χ0) is 21.9. The van der Waals surface area contributed by atoms with Gasteiger partial charge in [0.2, 0.25) is 0 Å². The van der Waals surface area contributed by atoms with E-state index in [1.54, 1.807) is 0 Å². The second kappa shape index (κ2) is 7.36. The third kappa shape index (κ3) is 3.14. The van der Waals surface area contributed by atoms with Crippen molar-refractivity contribution >= 4 is 11.9 Å². The van der Waals surface area contributed by atoms with Crippen molar-refractivity contribution in [1.82, 2.24) is 0 Å². The van der Waals surface area contributed by atoms with Gasteiger partial charge < -0.3 is 14.6 Å². The lowest BCUT2D eigenvalue weighted by Gasteiger charge is -2.59. The van der Waals surface area contributed by atoms with Crippen LogP contribution in [0.15, 0.2) is 11.6 Å². The molecule has 0 aromatic carbocycles. The van der Waals surface area contributed by atoms with Gasteiger partial charge in [-0.15, -0.1) is 0 Å². The number of hydrogen-bond donors (Lipinski definition) is 1. The summed E-state index contributed by atoms with van der Waals surface area (Å²) in [6, 6.07) is 0. The van der Waals surface area contributed by atoms with Crippen molar-refractivity contribution in [2.75, 3.05) is 0 Å². The third-order valence-corrected chi connectivity index (χ3v) is 9.62. The summed E-state index contributed by atoms with van der Waals surface area (Å²) in [4.78, 5) is 23.0. The molecule has 3 fully saturated rings. The van der Waals surface area contributed by atoms with Crippen molar-refractivity contribution < 1.29 is 24.2 Å². The van der Waals surface area contributed by atoms with E-state index in [1.807, 2.05) is 6.92 Å². The summed E-state index contributed by atoms with van der Waals surface area (Å²) in [5, 5.41) is 11.7. The summed E-state index contributed by atoms with van der Waals surface area (Å²) in [6.45, 7) is 9.44. The van der Waals surface area contributed by atoms with Crippen LogP contribution in [0, 0.1) is 28.6 Å². The van der Waals surface area contributed by atoms with E-state index in [0.29, 0.717) is 24.2 Å². The Kier molecular flexibility index (Phi) is 5.36. The molecule has 0 saturated heterocycles. The van der Waals surface area contributed by atoms with Gasteiger partial charge in [0, 0.05) is 25.7 Å². The monoisotopic (exact) mass is 418 g/mol. The van der Waals surface area contributed by atoms with Crippen LogP contribution >= 0.6 is 0 Å². The number of esters is 2. The first-order valence-electron chi connectivity index (χ1n) is 11.8. The van der Waals surface area contributed by atoms with Gasteiger partial charge in [0.05, 0.1) is 0 Å². The van der Waals surface area contributed by atoms with E-state index >= 15 is 0 Å². The van der Waals surface area contributed by atoms with Gasteiger partial charge in [0.25, 0.3) is 0 Å². The van der Waals surface area contributed by atoms with E-state index in [9.17, 15) is 14.7 Å². The zero-order valence-corrected chi connectivity index (χ0v) is 19.2. The van der Waals surface area contributed by atoms with Crippen LogP contribution < -0.4 is 0 Å². The molecule has 4 aliphatic rings. The minimum Gasteiger partial charge on any atom is -0.462 e. The normalized spacial score (nSPS) is 46.0. The van der Waals surface area contributed by atoms with Crippen molar-refractivity contribution in [3.8, 4) is 0 Å². The first-order chi connectivity index (χ1) is 14.0. The van der Waals surface area contributed by atoms with Crippen molar-refractivity contribution in [3.63, 3.8) is 0 Å². The molecule has 30 heavy (non-hydrogen) atoms. The Morgan fingerprint density at radius 3 is 2.43 bits per heavy atom. The number of carbonyl (C=O) groups is 2. The molecule has 0 aromatic heterocycles. The molecule has 8 atom stereocenters. The molecule has 5 nitrogen and oxygen atoms in total. The van der Waals surface area contributed by atoms with Gasteiger partial charge in [0.15, 0.2) is 0 Å². The molecule has 0 aromatic rings. The Bertz CT molecular complexity index is 759. The van der Waals surface area contributed by atoms with Crippen LogP contribution in [0.25, 0.3) is 0 Å². The van der Waals surface area contributed by atoms with Crippen LogP contribution in [-0.2, 0) is 19.1 Å². The lowest BCUT2D eigenvalue weighted by Crippen LogP contribution is -2.58. The molecule has 3 saturated carbocycles. The fourth-order valence-corrected chi connectivity index (χ4v) is 8.03. The predicted molar refractivity (Wildman–Crippen MR) is 113 cm³/mol. The number of carbonyl (C=O) groups excluding carboxylic acids is 2. The summed E-state index contributed by atoms with van der Waals surface area (Å²) in [7, 11) is 0. The maximum Gasteiger partial charge on any atom is 0.302 e. The molecular formula is C25H38O5. The smallest absolute Gasteiger partial charge is 0.302 e. The van der Waals surface area contributed by atoms with Crippen LogP contribution in [0.4, 0.5) is 0 Å². The topological polar surface area (TPSA) is 72.8 Å². The quantitative estimate of drug-likeness (QED) is 0.537. The Hall–Kier alpha value is -1.36. The summed E-state index contributed by atoms with van der Waals surface area (Å²) >= 11 is 0.